The molecule has 0 radical (unpaired) electrons. The van der Waals surface area contributed by atoms with Gasteiger partial charge >= 0.3 is 6.30 Å². The van der Waals surface area contributed by atoms with Crippen LogP contribution >= 0.6 is 0 Å². The fourth-order valence-electron chi connectivity index (χ4n) is 0.752. The Morgan fingerprint density at radius 1 is 1.08 bits per heavy atom. The molecule has 0 aromatic heterocycles. The molecule has 1 aromatic rings. The van der Waals surface area contributed by atoms with Gasteiger partial charge in [0.1, 0.15) is 0 Å². The molecule has 1 aromatic carbocycles. The first kappa shape index (κ1) is 9.70. The third kappa shape index (κ3) is 3.23. The van der Waals surface area contributed by atoms with Crippen LogP contribution in [0.1, 0.15) is 5.56 Å². The minimum absolute atomic E-state index is 0.181. The second-order valence-corrected chi connectivity index (χ2v) is 2.24. The molecule has 0 unspecified atom stereocenters. The van der Waals surface area contributed by atoms with Crippen molar-refractivity contribution in [2.45, 2.75) is 6.30 Å². The van der Waals surface area contributed by atoms with Crippen LogP contribution in [0.5, 0.6) is 0 Å². The second-order valence-electron chi connectivity index (χ2n) is 2.24. The average molecular weight is 191 g/mol. The summed E-state index contributed by atoms with van der Waals surface area (Å²) in [6.45, 7) is 0. The van der Waals surface area contributed by atoms with Gasteiger partial charge in [-0.05, 0) is 0 Å². The Bertz CT molecular complexity index is 302. The largest absolute Gasteiger partial charge is 0.505 e. The van der Waals surface area contributed by atoms with E-state index in [0.717, 1.165) is 0 Å². The summed E-state index contributed by atoms with van der Waals surface area (Å²) in [5.74, 6) is -1.52. The Labute approximate surface area is 71.7 Å². The first-order valence-electron chi connectivity index (χ1n) is 3.36. The van der Waals surface area contributed by atoms with Crippen LogP contribution in [-0.2, 0) is 0 Å². The highest BCUT2D eigenvalue weighted by Crippen LogP contribution is 2.18. The van der Waals surface area contributed by atoms with Gasteiger partial charge in [-0.25, -0.2) is 0 Å². The molecule has 0 fully saturated rings. The molecule has 13 heavy (non-hydrogen) atoms. The molecule has 0 aliphatic carbocycles. The van der Waals surface area contributed by atoms with Gasteiger partial charge in [-0.3, -0.25) is 0 Å². The second kappa shape index (κ2) is 3.55. The van der Waals surface area contributed by atoms with Crippen LogP contribution in [0.2, 0.25) is 0 Å². The molecule has 0 spiro atoms. The average Bonchev–Trinajstić information content (AvgIpc) is 2.03. The zero-order valence-electron chi connectivity index (χ0n) is 6.35. The van der Waals surface area contributed by atoms with E-state index in [1.165, 1.54) is 24.3 Å². The number of nitrogens with zero attached hydrogens (tertiary/aromatic N) is 1. The van der Waals surface area contributed by atoms with Gasteiger partial charge in [0.05, 0.1) is 0 Å². The van der Waals surface area contributed by atoms with Crippen LogP contribution in [0.3, 0.4) is 0 Å². The molecule has 0 heterocycles. The SMILES string of the molecule is FC(=NC(F)(F)F)c1ccccc1. The van der Waals surface area contributed by atoms with Crippen LogP contribution in [0.25, 0.3) is 0 Å². The molecule has 1 rings (SSSR count). The van der Waals surface area contributed by atoms with Crippen molar-refractivity contribution < 1.29 is 17.6 Å². The lowest BCUT2D eigenvalue weighted by atomic mass is 10.2. The van der Waals surface area contributed by atoms with Crippen LogP contribution in [0.4, 0.5) is 17.6 Å². The fourth-order valence-corrected chi connectivity index (χ4v) is 0.752. The van der Waals surface area contributed by atoms with Gasteiger partial charge in [-0.2, -0.15) is 9.38 Å². The summed E-state index contributed by atoms with van der Waals surface area (Å²) in [4.78, 5) is 1.93. The molecule has 0 aliphatic heterocycles. The summed E-state index contributed by atoms with van der Waals surface area (Å²) < 4.78 is 47.4. The summed E-state index contributed by atoms with van der Waals surface area (Å²) in [5.41, 5.74) is -0.181. The molecule has 0 N–H and O–H groups in total. The molecular formula is C8H5F4N. The van der Waals surface area contributed by atoms with Gasteiger partial charge in [0.15, 0.2) is 0 Å². The summed E-state index contributed by atoms with van der Waals surface area (Å²) in [6.07, 6.45) is -4.86. The quantitative estimate of drug-likeness (QED) is 0.367. The van der Waals surface area contributed by atoms with E-state index in [4.69, 9.17) is 0 Å². The van der Waals surface area contributed by atoms with Gasteiger partial charge in [0, 0.05) is 5.56 Å². The van der Waals surface area contributed by atoms with Gasteiger partial charge in [-0.15, -0.1) is 13.2 Å². The molecule has 0 atom stereocenters. The van der Waals surface area contributed by atoms with Crippen molar-refractivity contribution in [3.05, 3.63) is 35.9 Å². The van der Waals surface area contributed by atoms with E-state index >= 15 is 0 Å². The van der Waals surface area contributed by atoms with Crippen LogP contribution in [0, 0.1) is 0 Å². The number of hydrogen-bond acceptors (Lipinski definition) is 1. The highest BCUT2D eigenvalue weighted by molar-refractivity contribution is 5.93. The monoisotopic (exact) mass is 191 g/mol. The topological polar surface area (TPSA) is 12.4 Å². The molecule has 0 amide bonds. The Morgan fingerprint density at radius 2 is 1.62 bits per heavy atom. The zero-order valence-corrected chi connectivity index (χ0v) is 6.35. The van der Waals surface area contributed by atoms with Gasteiger partial charge in [0.2, 0.25) is 5.97 Å². The number of rotatable bonds is 1. The van der Waals surface area contributed by atoms with E-state index in [0.29, 0.717) is 0 Å². The maximum atomic E-state index is 12.7. The first-order valence-corrected chi connectivity index (χ1v) is 3.36. The van der Waals surface area contributed by atoms with Crippen molar-refractivity contribution in [3.63, 3.8) is 0 Å². The molecule has 0 bridgehead atoms. The van der Waals surface area contributed by atoms with Crippen molar-refractivity contribution in [2.24, 2.45) is 4.99 Å². The predicted octanol–water partition coefficient (Wildman–Crippen LogP) is 2.92. The maximum Gasteiger partial charge on any atom is 0.505 e. The van der Waals surface area contributed by atoms with E-state index < -0.39 is 12.3 Å². The van der Waals surface area contributed by atoms with E-state index in [1.807, 2.05) is 4.99 Å². The van der Waals surface area contributed by atoms with Gasteiger partial charge < -0.3 is 0 Å². The number of halogens is 4. The standard InChI is InChI=1S/C8H5F4N/c9-7(13-8(10,11)12)6-4-2-1-3-5-6/h1-5H. The van der Waals surface area contributed by atoms with Crippen molar-refractivity contribution in [2.75, 3.05) is 0 Å². The van der Waals surface area contributed by atoms with E-state index in [2.05, 4.69) is 0 Å². The summed E-state index contributed by atoms with van der Waals surface area (Å²) in [6, 6.07) is 6.86. The Kier molecular flexibility index (Phi) is 2.65. The number of benzene rings is 1. The third-order valence-corrected chi connectivity index (χ3v) is 1.24. The predicted molar refractivity (Wildman–Crippen MR) is 40.1 cm³/mol. The highest BCUT2D eigenvalue weighted by atomic mass is 19.4. The summed E-state index contributed by atoms with van der Waals surface area (Å²) >= 11 is 0. The maximum absolute atomic E-state index is 12.7. The third-order valence-electron chi connectivity index (χ3n) is 1.24. The van der Waals surface area contributed by atoms with Crippen molar-refractivity contribution in [1.82, 2.24) is 0 Å². The molecule has 1 nitrogen and oxygen atoms in total. The highest BCUT2D eigenvalue weighted by Gasteiger charge is 2.27. The zero-order chi connectivity index (χ0) is 9.90. The minimum atomic E-state index is -4.86. The van der Waals surface area contributed by atoms with Crippen molar-refractivity contribution in [3.8, 4) is 0 Å². The van der Waals surface area contributed by atoms with Crippen LogP contribution in [-0.4, -0.2) is 12.3 Å². The minimum Gasteiger partial charge on any atom is -0.184 e. The lowest BCUT2D eigenvalue weighted by Crippen LogP contribution is -2.06. The molecule has 70 valence electrons. The first-order chi connectivity index (χ1) is 5.99. The Hall–Kier alpha value is -1.39. The lowest BCUT2D eigenvalue weighted by molar-refractivity contribution is -0.120. The van der Waals surface area contributed by atoms with E-state index in [9.17, 15) is 17.6 Å². The van der Waals surface area contributed by atoms with Gasteiger partial charge in [-0.1, -0.05) is 30.3 Å². The van der Waals surface area contributed by atoms with Crippen LogP contribution < -0.4 is 0 Å². The molecule has 0 aliphatic rings. The number of hydrogen-bond donors (Lipinski definition) is 0. The van der Waals surface area contributed by atoms with Crippen molar-refractivity contribution >= 4 is 5.97 Å². The molecular weight excluding hydrogens is 186 g/mol. The smallest absolute Gasteiger partial charge is 0.184 e. The molecule has 0 saturated carbocycles. The van der Waals surface area contributed by atoms with E-state index in [1.54, 1.807) is 6.07 Å². The lowest BCUT2D eigenvalue weighted by Gasteiger charge is -1.99. The summed E-state index contributed by atoms with van der Waals surface area (Å²) in [7, 11) is 0. The Balaban J connectivity index is 2.92. The fraction of sp³-hybridized carbons (Fsp3) is 0.125. The van der Waals surface area contributed by atoms with Crippen LogP contribution in [0.15, 0.2) is 35.3 Å². The van der Waals surface area contributed by atoms with E-state index in [-0.39, 0.29) is 5.56 Å². The van der Waals surface area contributed by atoms with Gasteiger partial charge in [0.25, 0.3) is 0 Å². The summed E-state index contributed by atoms with van der Waals surface area (Å²) in [5, 5.41) is 0. The molecule has 5 heteroatoms. The normalized spacial score (nSPS) is 13.1. The Morgan fingerprint density at radius 3 is 2.08 bits per heavy atom. The van der Waals surface area contributed by atoms with Crippen molar-refractivity contribution in [1.29, 1.82) is 0 Å². The number of alkyl halides is 3. The number of aliphatic imine (C=N–C) groups is 1. The molecule has 0 saturated heterocycles.